The number of hydrogen-bond acceptors (Lipinski definition) is 4. The van der Waals surface area contributed by atoms with Crippen LogP contribution in [0, 0.1) is 0 Å². The number of benzene rings is 12. The van der Waals surface area contributed by atoms with Gasteiger partial charge in [-0.15, -0.1) is 0 Å². The molecule has 4 heterocycles. The minimum Gasteiger partial charge on any atom is -0.455 e. The second kappa shape index (κ2) is 16.2. The fourth-order valence-corrected chi connectivity index (χ4v) is 11.8. The van der Waals surface area contributed by atoms with Gasteiger partial charge in [0.15, 0.2) is 17.5 Å². The molecule has 12 aromatic carbocycles. The van der Waals surface area contributed by atoms with Gasteiger partial charge in [-0.2, -0.15) is 0 Å². The zero-order valence-corrected chi connectivity index (χ0v) is 40.3. The lowest BCUT2D eigenvalue weighted by molar-refractivity contribution is 0.670. The van der Waals surface area contributed by atoms with E-state index >= 15 is 0 Å². The molecule has 4 aromatic heterocycles. The predicted molar refractivity (Wildman–Crippen MR) is 310 cm³/mol. The van der Waals surface area contributed by atoms with Gasteiger partial charge in [0.25, 0.3) is 0 Å². The van der Waals surface area contributed by atoms with Crippen LogP contribution in [0.4, 0.5) is 0 Å². The Labute approximate surface area is 429 Å². The van der Waals surface area contributed by atoms with Crippen LogP contribution in [0.15, 0.2) is 253 Å². The van der Waals surface area contributed by atoms with Crippen LogP contribution in [-0.2, 0) is 0 Å². The normalized spacial score (nSPS) is 12.0. The summed E-state index contributed by atoms with van der Waals surface area (Å²) in [5.74, 6) is 1.69. The summed E-state index contributed by atoms with van der Waals surface area (Å²) in [6.07, 6.45) is 0. The zero-order valence-electron chi connectivity index (χ0n) is 40.3. The SMILES string of the molecule is c1ccc(-c2cccc(-c3nc(-c4ccc5c(c4)c4ccccc4n5-c4ccccc4)nc(-c4cccc5c4oc4ccc6ccc(-n7c8cc9ccccc9cc8c8cc9ccccc9cc87)cc6c45)n3)c2)cc1. The summed E-state index contributed by atoms with van der Waals surface area (Å²) < 4.78 is 11.8. The van der Waals surface area contributed by atoms with E-state index < -0.39 is 0 Å². The van der Waals surface area contributed by atoms with Crippen molar-refractivity contribution < 1.29 is 4.42 Å². The molecule has 0 aliphatic heterocycles. The van der Waals surface area contributed by atoms with Gasteiger partial charge in [-0.3, -0.25) is 0 Å². The van der Waals surface area contributed by atoms with Crippen molar-refractivity contribution in [3.63, 3.8) is 0 Å². The number of furan rings is 1. The first-order valence-electron chi connectivity index (χ1n) is 25.4. The first-order valence-corrected chi connectivity index (χ1v) is 25.4. The van der Waals surface area contributed by atoms with Crippen LogP contribution < -0.4 is 0 Å². The van der Waals surface area contributed by atoms with Crippen LogP contribution in [0.2, 0.25) is 0 Å². The van der Waals surface area contributed by atoms with Crippen molar-refractivity contribution in [2.45, 2.75) is 0 Å². The molecule has 0 atom stereocenters. The highest BCUT2D eigenvalue weighted by Crippen LogP contribution is 2.43. The first kappa shape index (κ1) is 41.4. The van der Waals surface area contributed by atoms with E-state index in [0.29, 0.717) is 17.5 Å². The van der Waals surface area contributed by atoms with Crippen molar-refractivity contribution in [1.29, 1.82) is 0 Å². The largest absolute Gasteiger partial charge is 0.455 e. The predicted octanol–water partition coefficient (Wildman–Crippen LogP) is 18.1. The van der Waals surface area contributed by atoms with Gasteiger partial charge in [-0.05, 0) is 134 Å². The van der Waals surface area contributed by atoms with Crippen molar-refractivity contribution in [2.24, 2.45) is 0 Å². The second-order valence-electron chi connectivity index (χ2n) is 19.6. The van der Waals surface area contributed by atoms with Crippen molar-refractivity contribution >= 4 is 97.9 Å². The fourth-order valence-electron chi connectivity index (χ4n) is 11.8. The molecule has 0 spiro atoms. The lowest BCUT2D eigenvalue weighted by Gasteiger charge is -2.11. The van der Waals surface area contributed by atoms with Crippen molar-refractivity contribution in [3.8, 4) is 56.7 Å². The molecule has 0 amide bonds. The van der Waals surface area contributed by atoms with Crippen LogP contribution in [0.25, 0.3) is 155 Å². The van der Waals surface area contributed by atoms with Gasteiger partial charge in [0.1, 0.15) is 11.2 Å². The molecule has 0 unspecified atom stereocenters. The summed E-state index contributed by atoms with van der Waals surface area (Å²) in [6, 6.07) is 88.7. The van der Waals surface area contributed by atoms with Gasteiger partial charge in [0.05, 0.1) is 27.6 Å². The Hall–Kier alpha value is -10.2. The molecule has 348 valence electrons. The molecular weight excluding hydrogens is 915 g/mol. The average molecular weight is 956 g/mol. The Morgan fingerprint density at radius 1 is 0.280 bits per heavy atom. The van der Waals surface area contributed by atoms with E-state index in [1.807, 2.05) is 6.07 Å². The number of nitrogens with zero attached hydrogens (tertiary/aromatic N) is 5. The number of fused-ring (bicyclic) bond motifs is 13. The van der Waals surface area contributed by atoms with Gasteiger partial charge in [-0.25, -0.2) is 15.0 Å². The van der Waals surface area contributed by atoms with Gasteiger partial charge in [0.2, 0.25) is 0 Å². The lowest BCUT2D eigenvalue weighted by atomic mass is 10.0. The summed E-state index contributed by atoms with van der Waals surface area (Å²) in [6.45, 7) is 0. The monoisotopic (exact) mass is 955 g/mol. The van der Waals surface area contributed by atoms with Crippen LogP contribution in [0.3, 0.4) is 0 Å². The smallest absolute Gasteiger partial charge is 0.167 e. The molecule has 16 aromatic rings. The summed E-state index contributed by atoms with van der Waals surface area (Å²) in [7, 11) is 0. The Balaban J connectivity index is 0.905. The van der Waals surface area contributed by atoms with Gasteiger partial charge >= 0.3 is 0 Å². The fraction of sp³-hybridized carbons (Fsp3) is 0. The molecule has 0 aliphatic rings. The van der Waals surface area contributed by atoms with E-state index in [-0.39, 0.29) is 0 Å². The van der Waals surface area contributed by atoms with Crippen molar-refractivity contribution in [2.75, 3.05) is 0 Å². The summed E-state index contributed by atoms with van der Waals surface area (Å²) in [5, 5.41) is 13.9. The number of para-hydroxylation sites is 3. The minimum atomic E-state index is 0.534. The number of rotatable bonds is 6. The maximum absolute atomic E-state index is 7.02. The second-order valence-corrected chi connectivity index (χ2v) is 19.6. The molecule has 0 saturated heterocycles. The maximum atomic E-state index is 7.02. The van der Waals surface area contributed by atoms with E-state index in [4.69, 9.17) is 19.4 Å². The van der Waals surface area contributed by atoms with E-state index in [2.05, 4.69) is 252 Å². The topological polar surface area (TPSA) is 61.7 Å². The van der Waals surface area contributed by atoms with Gasteiger partial charge < -0.3 is 13.6 Å². The highest BCUT2D eigenvalue weighted by atomic mass is 16.3. The lowest BCUT2D eigenvalue weighted by Crippen LogP contribution is -2.00. The Morgan fingerprint density at radius 3 is 1.57 bits per heavy atom. The number of hydrogen-bond donors (Lipinski definition) is 0. The summed E-state index contributed by atoms with van der Waals surface area (Å²) in [5.41, 5.74) is 13.1. The molecule has 0 N–H and O–H groups in total. The van der Waals surface area contributed by atoms with E-state index in [9.17, 15) is 0 Å². The van der Waals surface area contributed by atoms with Crippen LogP contribution in [0.1, 0.15) is 0 Å². The molecule has 0 fully saturated rings. The van der Waals surface area contributed by atoms with Crippen LogP contribution in [-0.4, -0.2) is 24.1 Å². The van der Waals surface area contributed by atoms with Gasteiger partial charge in [-0.1, -0.05) is 158 Å². The molecular formula is C69H41N5O. The third-order valence-electron chi connectivity index (χ3n) is 15.3. The van der Waals surface area contributed by atoms with Gasteiger partial charge in [0, 0.05) is 54.8 Å². The van der Waals surface area contributed by atoms with Crippen molar-refractivity contribution in [3.05, 3.63) is 249 Å². The van der Waals surface area contributed by atoms with Crippen LogP contribution in [0.5, 0.6) is 0 Å². The number of aromatic nitrogens is 5. The maximum Gasteiger partial charge on any atom is 0.167 e. The summed E-state index contributed by atoms with van der Waals surface area (Å²) in [4.78, 5) is 16.0. The first-order chi connectivity index (χ1) is 37.1. The molecule has 16 rings (SSSR count). The molecule has 75 heavy (non-hydrogen) atoms. The highest BCUT2D eigenvalue weighted by molar-refractivity contribution is 6.22. The van der Waals surface area contributed by atoms with Crippen LogP contribution >= 0.6 is 0 Å². The average Bonchev–Trinajstić information content (AvgIpc) is 4.18. The quantitative estimate of drug-likeness (QED) is 0.167. The minimum absolute atomic E-state index is 0.534. The van der Waals surface area contributed by atoms with E-state index in [1.54, 1.807) is 0 Å². The van der Waals surface area contributed by atoms with E-state index in [0.717, 1.165) is 93.7 Å². The molecule has 6 nitrogen and oxygen atoms in total. The molecule has 0 aliphatic carbocycles. The summed E-state index contributed by atoms with van der Waals surface area (Å²) >= 11 is 0. The molecule has 0 saturated carbocycles. The van der Waals surface area contributed by atoms with Crippen molar-refractivity contribution in [1.82, 2.24) is 24.1 Å². The Bertz CT molecular complexity index is 4920. The standard InChI is InChI=1S/C69H41N5O/c1-3-15-42(16-4-1)44-21-13-22-49(35-44)67-70-68(50-30-33-61-57(38-50)53-25-11-12-28-60(53)73(61)51-23-5-2-6-24-51)72-69(71-67)55-27-14-26-54-65-56-41-52(32-29-43(56)31-34-64(65)75-66(54)55)74-62-39-47-19-9-7-17-45(47)36-58(62)59-37-46-18-8-10-20-48(46)40-63(59)74/h1-41H. The molecule has 6 heteroatoms. The third-order valence-corrected chi connectivity index (χ3v) is 15.3. The zero-order chi connectivity index (χ0) is 49.1. The molecule has 0 radical (unpaired) electrons. The Morgan fingerprint density at radius 2 is 0.827 bits per heavy atom. The molecule has 0 bridgehead atoms. The van der Waals surface area contributed by atoms with E-state index in [1.165, 1.54) is 43.4 Å². The third kappa shape index (κ3) is 6.50. The highest BCUT2D eigenvalue weighted by Gasteiger charge is 2.22. The Kier molecular flexibility index (Phi) is 8.94.